The van der Waals surface area contributed by atoms with Crippen molar-refractivity contribution in [3.05, 3.63) is 130 Å². The fraction of sp³-hybridized carbons (Fsp3) is 0.147. The van der Waals surface area contributed by atoms with Crippen LogP contribution in [0.25, 0.3) is 21.9 Å². The van der Waals surface area contributed by atoms with Gasteiger partial charge in [-0.1, -0.05) is 83.9 Å². The van der Waals surface area contributed by atoms with E-state index in [1.54, 1.807) is 7.11 Å². The lowest BCUT2D eigenvalue weighted by Gasteiger charge is -2.34. The second kappa shape index (κ2) is 8.63. The third kappa shape index (κ3) is 3.54. The highest BCUT2D eigenvalue weighted by Crippen LogP contribution is 2.58. The number of benzene rings is 5. The molecule has 0 saturated carbocycles. The Bertz CT molecular complexity index is 1660. The highest BCUT2D eigenvalue weighted by molar-refractivity contribution is 6.04. The van der Waals surface area contributed by atoms with Crippen molar-refractivity contribution >= 4 is 16.7 Å². The van der Waals surface area contributed by atoms with E-state index in [0.717, 1.165) is 16.9 Å². The first-order valence-electron chi connectivity index (χ1n) is 12.5. The van der Waals surface area contributed by atoms with Crippen LogP contribution in [0.3, 0.4) is 0 Å². The lowest BCUT2D eigenvalue weighted by Crippen LogP contribution is -2.28. The molecule has 182 valence electrons. The van der Waals surface area contributed by atoms with Gasteiger partial charge in [-0.15, -0.1) is 0 Å². The predicted molar refractivity (Wildman–Crippen MR) is 149 cm³/mol. The van der Waals surface area contributed by atoms with Crippen LogP contribution in [0.1, 0.15) is 40.3 Å². The van der Waals surface area contributed by atoms with Gasteiger partial charge in [0.05, 0.1) is 12.5 Å². The van der Waals surface area contributed by atoms with Gasteiger partial charge in [-0.25, -0.2) is 0 Å². The van der Waals surface area contributed by atoms with Crippen LogP contribution in [0.15, 0.2) is 97.1 Å². The minimum atomic E-state index is -0.546. The average Bonchev–Trinajstić information content (AvgIpc) is 3.19. The molecule has 1 unspecified atom stereocenters. The molecule has 0 aliphatic heterocycles. The molecule has 6 rings (SSSR count). The van der Waals surface area contributed by atoms with Gasteiger partial charge in [-0.05, 0) is 82.3 Å². The lowest BCUT2D eigenvalue weighted by molar-refractivity contribution is -0.131. The molecule has 5 aromatic carbocycles. The van der Waals surface area contributed by atoms with Crippen molar-refractivity contribution in [1.82, 2.24) is 0 Å². The second-order valence-electron chi connectivity index (χ2n) is 9.86. The molecule has 0 fully saturated rings. The second-order valence-corrected chi connectivity index (χ2v) is 9.86. The van der Waals surface area contributed by atoms with Crippen LogP contribution in [0.4, 0.5) is 0 Å². The van der Waals surface area contributed by atoms with E-state index in [2.05, 4.69) is 86.6 Å². The van der Waals surface area contributed by atoms with Crippen LogP contribution in [-0.4, -0.2) is 13.1 Å². The number of esters is 1. The lowest BCUT2D eigenvalue weighted by atomic mass is 9.67. The third-order valence-corrected chi connectivity index (χ3v) is 7.50. The monoisotopic (exact) mass is 484 g/mol. The van der Waals surface area contributed by atoms with E-state index in [0.29, 0.717) is 5.75 Å². The van der Waals surface area contributed by atoms with Crippen molar-refractivity contribution in [2.75, 3.05) is 7.11 Å². The predicted octanol–water partition coefficient (Wildman–Crippen LogP) is 7.75. The molecule has 0 radical (unpaired) electrons. The van der Waals surface area contributed by atoms with Crippen molar-refractivity contribution in [3.8, 4) is 22.6 Å². The minimum Gasteiger partial charge on any atom is -0.497 e. The number of carbonyl (C=O) groups is 1. The Balaban J connectivity index is 1.74. The molecule has 3 heteroatoms. The first kappa shape index (κ1) is 23.1. The van der Waals surface area contributed by atoms with Crippen LogP contribution >= 0.6 is 0 Å². The highest BCUT2D eigenvalue weighted by atomic mass is 16.5. The Labute approximate surface area is 217 Å². The topological polar surface area (TPSA) is 35.5 Å². The van der Waals surface area contributed by atoms with Gasteiger partial charge in [0.2, 0.25) is 0 Å². The molecule has 1 aliphatic rings. The summed E-state index contributed by atoms with van der Waals surface area (Å²) in [7, 11) is 1.69. The van der Waals surface area contributed by atoms with Crippen molar-refractivity contribution in [2.45, 2.75) is 26.2 Å². The zero-order valence-electron chi connectivity index (χ0n) is 21.5. The number of fused-ring (bicyclic) bond motifs is 5. The van der Waals surface area contributed by atoms with Gasteiger partial charge in [0.15, 0.2) is 0 Å². The zero-order valence-corrected chi connectivity index (χ0v) is 21.5. The number of aryl methyl sites for hydroxylation is 2. The van der Waals surface area contributed by atoms with E-state index in [1.165, 1.54) is 51.1 Å². The van der Waals surface area contributed by atoms with Gasteiger partial charge in [-0.3, -0.25) is 4.79 Å². The Morgan fingerprint density at radius 1 is 0.676 bits per heavy atom. The minimum absolute atomic E-state index is 0.327. The molecule has 0 heterocycles. The van der Waals surface area contributed by atoms with Crippen LogP contribution in [0, 0.1) is 13.8 Å². The number of hydrogen-bond acceptors (Lipinski definition) is 3. The molecular formula is C34H28O3. The van der Waals surface area contributed by atoms with Gasteiger partial charge in [0.25, 0.3) is 0 Å². The van der Waals surface area contributed by atoms with Crippen molar-refractivity contribution < 1.29 is 14.3 Å². The summed E-state index contributed by atoms with van der Waals surface area (Å²) in [4.78, 5) is 11.6. The largest absolute Gasteiger partial charge is 0.497 e. The Morgan fingerprint density at radius 2 is 1.27 bits per heavy atom. The number of ether oxygens (including phenoxy) is 2. The molecule has 1 aliphatic carbocycles. The van der Waals surface area contributed by atoms with Crippen LogP contribution < -0.4 is 9.47 Å². The smallest absolute Gasteiger partial charge is 0.308 e. The molecule has 1 atom stereocenters. The molecule has 0 aromatic heterocycles. The molecular weight excluding hydrogens is 456 g/mol. The van der Waals surface area contributed by atoms with E-state index in [-0.39, 0.29) is 5.97 Å². The zero-order chi connectivity index (χ0) is 25.7. The van der Waals surface area contributed by atoms with Crippen molar-refractivity contribution in [2.24, 2.45) is 0 Å². The third-order valence-electron chi connectivity index (χ3n) is 7.50. The maximum absolute atomic E-state index is 11.6. The maximum atomic E-state index is 11.6. The van der Waals surface area contributed by atoms with Gasteiger partial charge in [-0.2, -0.15) is 0 Å². The molecule has 0 spiro atoms. The van der Waals surface area contributed by atoms with Crippen LogP contribution in [0.2, 0.25) is 0 Å². The van der Waals surface area contributed by atoms with Crippen molar-refractivity contribution in [3.63, 3.8) is 0 Å². The fourth-order valence-corrected chi connectivity index (χ4v) is 5.94. The number of hydrogen-bond donors (Lipinski definition) is 0. The summed E-state index contributed by atoms with van der Waals surface area (Å²) in [6.07, 6.45) is 0. The van der Waals surface area contributed by atoms with E-state index in [1.807, 2.05) is 24.3 Å². The van der Waals surface area contributed by atoms with Crippen LogP contribution in [0.5, 0.6) is 11.5 Å². The molecule has 0 saturated heterocycles. The van der Waals surface area contributed by atoms with Gasteiger partial charge in [0, 0.05) is 6.92 Å². The molecule has 37 heavy (non-hydrogen) atoms. The fourth-order valence-electron chi connectivity index (χ4n) is 5.94. The summed E-state index contributed by atoms with van der Waals surface area (Å²) < 4.78 is 10.9. The summed E-state index contributed by atoms with van der Waals surface area (Å²) in [5, 5.41) is 2.49. The highest BCUT2D eigenvalue weighted by Gasteiger charge is 2.46. The molecule has 0 bridgehead atoms. The maximum Gasteiger partial charge on any atom is 0.308 e. The Kier molecular flexibility index (Phi) is 5.38. The summed E-state index contributed by atoms with van der Waals surface area (Å²) in [5.41, 5.74) is 9.20. The number of methoxy groups -OCH3 is 1. The van der Waals surface area contributed by atoms with E-state index in [9.17, 15) is 4.79 Å². The molecule has 5 aromatic rings. The SMILES string of the molecule is COc1ccc(C2(c3ccc(OC(C)=O)cc3)c3cc(C)ccc3-c3c2ccc2ccc(C)cc32)cc1. The first-order chi connectivity index (χ1) is 17.9. The summed E-state index contributed by atoms with van der Waals surface area (Å²) >= 11 is 0. The molecule has 3 nitrogen and oxygen atoms in total. The summed E-state index contributed by atoms with van der Waals surface area (Å²) in [6.45, 7) is 5.72. The van der Waals surface area contributed by atoms with E-state index in [4.69, 9.17) is 9.47 Å². The summed E-state index contributed by atoms with van der Waals surface area (Å²) in [5.74, 6) is 1.03. The standard InChI is InChI=1S/C34H28O3/c1-21-5-7-24-8-18-31-33(30(24)19-21)29-17-6-22(2)20-32(29)34(31,25-9-13-27(36-4)14-10-25)26-11-15-28(16-12-26)37-23(3)35/h5-20H,1-4H3. The Hall–Kier alpha value is -4.37. The first-order valence-corrected chi connectivity index (χ1v) is 12.5. The normalized spacial score (nSPS) is 15.8. The van der Waals surface area contributed by atoms with Crippen LogP contribution in [-0.2, 0) is 10.2 Å². The van der Waals surface area contributed by atoms with Gasteiger partial charge in [0.1, 0.15) is 11.5 Å². The quantitative estimate of drug-likeness (QED) is 0.190. The van der Waals surface area contributed by atoms with Gasteiger partial charge < -0.3 is 9.47 Å². The van der Waals surface area contributed by atoms with Crippen molar-refractivity contribution in [1.29, 1.82) is 0 Å². The van der Waals surface area contributed by atoms with E-state index >= 15 is 0 Å². The van der Waals surface area contributed by atoms with E-state index < -0.39 is 5.41 Å². The number of carbonyl (C=O) groups excluding carboxylic acids is 1. The molecule has 0 amide bonds. The average molecular weight is 485 g/mol. The Morgan fingerprint density at radius 3 is 1.92 bits per heavy atom. The summed E-state index contributed by atoms with van der Waals surface area (Å²) in [6, 6.07) is 34.3. The van der Waals surface area contributed by atoms with Gasteiger partial charge >= 0.3 is 5.97 Å². The molecule has 0 N–H and O–H groups in total. The number of rotatable bonds is 4.